The van der Waals surface area contributed by atoms with E-state index in [0.717, 1.165) is 32.4 Å². The second-order valence-electron chi connectivity index (χ2n) is 4.45. The lowest BCUT2D eigenvalue weighted by molar-refractivity contribution is 0.162. The Morgan fingerprint density at radius 1 is 1.29 bits per heavy atom. The summed E-state index contributed by atoms with van der Waals surface area (Å²) in [6, 6.07) is 0.485. The number of hydrogen-bond acceptors (Lipinski definition) is 4. The first kappa shape index (κ1) is 10.4. The summed E-state index contributed by atoms with van der Waals surface area (Å²) < 4.78 is 22.6. The minimum absolute atomic E-state index is 0.242. The highest BCUT2D eigenvalue weighted by atomic mass is 32.2. The van der Waals surface area contributed by atoms with Crippen LogP contribution >= 0.6 is 0 Å². The highest BCUT2D eigenvalue weighted by Gasteiger charge is 2.33. The van der Waals surface area contributed by atoms with E-state index in [2.05, 4.69) is 4.90 Å². The van der Waals surface area contributed by atoms with Crippen molar-refractivity contribution in [1.29, 1.82) is 0 Å². The highest BCUT2D eigenvalue weighted by Crippen LogP contribution is 2.21. The van der Waals surface area contributed by atoms with Crippen molar-refractivity contribution < 1.29 is 8.42 Å². The lowest BCUT2D eigenvalue weighted by atomic mass is 10.0. The predicted molar refractivity (Wildman–Crippen MR) is 55.8 cm³/mol. The van der Waals surface area contributed by atoms with E-state index >= 15 is 0 Å². The van der Waals surface area contributed by atoms with Gasteiger partial charge in [0.2, 0.25) is 0 Å². The summed E-state index contributed by atoms with van der Waals surface area (Å²) in [6.07, 6.45) is 2.99. The summed E-state index contributed by atoms with van der Waals surface area (Å²) in [5.41, 5.74) is 5.87. The van der Waals surface area contributed by atoms with Crippen LogP contribution in [0.2, 0.25) is 0 Å². The van der Waals surface area contributed by atoms with Gasteiger partial charge in [0.1, 0.15) is 0 Å². The van der Waals surface area contributed by atoms with Crippen LogP contribution in [-0.4, -0.2) is 50.0 Å². The molecular weight excluding hydrogens is 200 g/mol. The summed E-state index contributed by atoms with van der Waals surface area (Å²) in [7, 11) is -2.74. The minimum atomic E-state index is -2.74. The molecule has 1 unspecified atom stereocenters. The number of nitrogens with zero attached hydrogens (tertiary/aromatic N) is 1. The van der Waals surface area contributed by atoms with Gasteiger partial charge in [-0.25, -0.2) is 8.42 Å². The zero-order valence-electron chi connectivity index (χ0n) is 8.35. The first-order valence-corrected chi connectivity index (χ1v) is 7.09. The maximum atomic E-state index is 11.3. The summed E-state index contributed by atoms with van der Waals surface area (Å²) in [5.74, 6) is 0.711. The number of likely N-dealkylation sites (tertiary alicyclic amines) is 1. The molecule has 2 rings (SSSR count). The van der Waals surface area contributed by atoms with Crippen molar-refractivity contribution in [3.05, 3.63) is 0 Å². The maximum Gasteiger partial charge on any atom is 0.151 e. The van der Waals surface area contributed by atoms with Crippen molar-refractivity contribution in [2.24, 2.45) is 5.73 Å². The molecule has 0 spiro atoms. The first-order chi connectivity index (χ1) is 6.57. The zero-order chi connectivity index (χ0) is 10.2. The van der Waals surface area contributed by atoms with E-state index in [4.69, 9.17) is 5.73 Å². The average molecular weight is 218 g/mol. The van der Waals surface area contributed by atoms with Crippen LogP contribution in [0.25, 0.3) is 0 Å². The molecule has 0 aliphatic carbocycles. The Morgan fingerprint density at radius 2 is 2.07 bits per heavy atom. The van der Waals surface area contributed by atoms with E-state index in [1.165, 1.54) is 0 Å². The number of piperidine rings is 1. The Labute approximate surface area is 85.4 Å². The highest BCUT2D eigenvalue weighted by molar-refractivity contribution is 7.91. The molecule has 2 aliphatic heterocycles. The molecule has 4 nitrogen and oxygen atoms in total. The fraction of sp³-hybridized carbons (Fsp3) is 1.00. The van der Waals surface area contributed by atoms with Crippen LogP contribution in [0.15, 0.2) is 0 Å². The summed E-state index contributed by atoms with van der Waals surface area (Å²) >= 11 is 0. The molecule has 0 saturated carbocycles. The predicted octanol–water partition coefficient (Wildman–Crippen LogP) is -0.403. The molecule has 0 amide bonds. The molecule has 0 radical (unpaired) electrons. The third kappa shape index (κ3) is 2.27. The molecule has 82 valence electrons. The van der Waals surface area contributed by atoms with Gasteiger partial charge < -0.3 is 5.73 Å². The van der Waals surface area contributed by atoms with Gasteiger partial charge in [-0.3, -0.25) is 4.90 Å². The SMILES string of the molecule is N[C@H]1CCCN(C2CCS(=O)(=O)C2)C1. The third-order valence-corrected chi connectivity index (χ3v) is 4.96. The van der Waals surface area contributed by atoms with Crippen LogP contribution < -0.4 is 5.73 Å². The molecule has 0 aromatic rings. The minimum Gasteiger partial charge on any atom is -0.327 e. The fourth-order valence-electron chi connectivity index (χ4n) is 2.44. The van der Waals surface area contributed by atoms with E-state index in [9.17, 15) is 8.42 Å². The molecule has 2 aliphatic rings. The molecule has 14 heavy (non-hydrogen) atoms. The van der Waals surface area contributed by atoms with Gasteiger partial charge in [-0.1, -0.05) is 0 Å². The first-order valence-electron chi connectivity index (χ1n) is 5.27. The number of nitrogens with two attached hydrogens (primary N) is 1. The topological polar surface area (TPSA) is 63.4 Å². The lowest BCUT2D eigenvalue weighted by Gasteiger charge is -2.34. The van der Waals surface area contributed by atoms with Crippen LogP contribution in [0.1, 0.15) is 19.3 Å². The number of hydrogen-bond donors (Lipinski definition) is 1. The van der Waals surface area contributed by atoms with Gasteiger partial charge >= 0.3 is 0 Å². The Morgan fingerprint density at radius 3 is 2.64 bits per heavy atom. The van der Waals surface area contributed by atoms with Crippen molar-refractivity contribution >= 4 is 9.84 Å². The molecule has 0 aromatic heterocycles. The van der Waals surface area contributed by atoms with Crippen LogP contribution in [0, 0.1) is 0 Å². The van der Waals surface area contributed by atoms with Crippen molar-refractivity contribution in [3.63, 3.8) is 0 Å². The summed E-state index contributed by atoms with van der Waals surface area (Å²) in [6.45, 7) is 1.90. The third-order valence-electron chi connectivity index (χ3n) is 3.21. The lowest BCUT2D eigenvalue weighted by Crippen LogP contribution is -2.48. The summed E-state index contributed by atoms with van der Waals surface area (Å²) in [5, 5.41) is 0. The van der Waals surface area contributed by atoms with Gasteiger partial charge in [0, 0.05) is 18.6 Å². The Bertz CT molecular complexity index is 302. The molecule has 2 saturated heterocycles. The molecular formula is C9H18N2O2S. The zero-order valence-corrected chi connectivity index (χ0v) is 9.17. The summed E-state index contributed by atoms with van der Waals surface area (Å²) in [4.78, 5) is 2.26. The second-order valence-corrected chi connectivity index (χ2v) is 6.68. The maximum absolute atomic E-state index is 11.3. The molecule has 5 heteroatoms. The van der Waals surface area contributed by atoms with Gasteiger partial charge in [0.05, 0.1) is 11.5 Å². The van der Waals surface area contributed by atoms with E-state index in [1.54, 1.807) is 0 Å². The average Bonchev–Trinajstić information content (AvgIpc) is 2.46. The molecule has 2 N–H and O–H groups in total. The smallest absolute Gasteiger partial charge is 0.151 e. The van der Waals surface area contributed by atoms with Crippen molar-refractivity contribution in [3.8, 4) is 0 Å². The van der Waals surface area contributed by atoms with E-state index < -0.39 is 9.84 Å². The van der Waals surface area contributed by atoms with Gasteiger partial charge in [0.15, 0.2) is 9.84 Å². The Kier molecular flexibility index (Phi) is 2.81. The molecule has 0 aromatic carbocycles. The quantitative estimate of drug-likeness (QED) is 0.650. The number of sulfone groups is 1. The Balaban J connectivity index is 1.96. The molecule has 2 fully saturated rings. The second kappa shape index (κ2) is 3.79. The van der Waals surface area contributed by atoms with Gasteiger partial charge in [0.25, 0.3) is 0 Å². The number of rotatable bonds is 1. The molecule has 2 heterocycles. The van der Waals surface area contributed by atoms with Crippen molar-refractivity contribution in [1.82, 2.24) is 4.90 Å². The van der Waals surface area contributed by atoms with Crippen LogP contribution in [-0.2, 0) is 9.84 Å². The van der Waals surface area contributed by atoms with E-state index in [1.807, 2.05) is 0 Å². The van der Waals surface area contributed by atoms with E-state index in [-0.39, 0.29) is 12.1 Å². The van der Waals surface area contributed by atoms with Crippen molar-refractivity contribution in [2.75, 3.05) is 24.6 Å². The molecule has 2 atom stereocenters. The van der Waals surface area contributed by atoms with Crippen LogP contribution in [0.5, 0.6) is 0 Å². The standard InChI is InChI=1S/C9H18N2O2S/c10-8-2-1-4-11(6-8)9-3-5-14(12,13)7-9/h8-9H,1-7,10H2/t8-,9?/m0/s1. The van der Waals surface area contributed by atoms with Gasteiger partial charge in [-0.2, -0.15) is 0 Å². The van der Waals surface area contributed by atoms with E-state index in [0.29, 0.717) is 11.5 Å². The molecule has 0 bridgehead atoms. The Hall–Kier alpha value is -0.130. The normalized spacial score (nSPS) is 38.6. The van der Waals surface area contributed by atoms with Gasteiger partial charge in [-0.05, 0) is 25.8 Å². The monoisotopic (exact) mass is 218 g/mol. The largest absolute Gasteiger partial charge is 0.327 e. The van der Waals surface area contributed by atoms with Crippen LogP contribution in [0.4, 0.5) is 0 Å². The van der Waals surface area contributed by atoms with Crippen LogP contribution in [0.3, 0.4) is 0 Å². The van der Waals surface area contributed by atoms with Crippen molar-refractivity contribution in [2.45, 2.75) is 31.3 Å². The fourth-order valence-corrected chi connectivity index (χ4v) is 4.20. The van der Waals surface area contributed by atoms with Gasteiger partial charge in [-0.15, -0.1) is 0 Å².